The highest BCUT2D eigenvalue weighted by Gasteiger charge is 2.12. The molecule has 0 atom stereocenters. The van der Waals surface area contributed by atoms with Crippen molar-refractivity contribution in [3.63, 3.8) is 0 Å². The lowest BCUT2D eigenvalue weighted by Crippen LogP contribution is -2.43. The maximum Gasteiger partial charge on any atom is 0.338 e. The number of carbonyl (C=O) groups is 3. The fourth-order valence-electron chi connectivity index (χ4n) is 2.55. The predicted octanol–water partition coefficient (Wildman–Crippen LogP) is 2.46. The molecule has 2 aromatic carbocycles. The second kappa shape index (κ2) is 10.1. The number of aryl methyl sites for hydroxylation is 1. The van der Waals surface area contributed by atoms with Crippen LogP contribution in [0.3, 0.4) is 0 Å². The van der Waals surface area contributed by atoms with Crippen LogP contribution >= 0.6 is 0 Å². The minimum absolute atomic E-state index is 0.354. The van der Waals surface area contributed by atoms with Gasteiger partial charge in [0.1, 0.15) is 0 Å². The van der Waals surface area contributed by atoms with E-state index in [0.29, 0.717) is 11.1 Å². The summed E-state index contributed by atoms with van der Waals surface area (Å²) in [6.45, 7) is 7.27. The number of rotatable bonds is 7. The Morgan fingerprint density at radius 2 is 1.43 bits per heavy atom. The minimum Gasteiger partial charge on any atom is -0.452 e. The predicted molar refractivity (Wildman–Crippen MR) is 107 cm³/mol. The Morgan fingerprint density at radius 1 is 0.857 bits per heavy atom. The van der Waals surface area contributed by atoms with Crippen LogP contribution in [0.1, 0.15) is 40.1 Å². The number of ether oxygens (including phenoxy) is 1. The largest absolute Gasteiger partial charge is 0.452 e. The molecule has 0 saturated carbocycles. The van der Waals surface area contributed by atoms with Crippen molar-refractivity contribution >= 4 is 23.5 Å². The van der Waals surface area contributed by atoms with Crippen LogP contribution < -0.4 is 15.8 Å². The van der Waals surface area contributed by atoms with Crippen LogP contribution in [0.2, 0.25) is 0 Å². The van der Waals surface area contributed by atoms with Crippen molar-refractivity contribution < 1.29 is 19.1 Å². The molecule has 2 amide bonds. The second-order valence-electron chi connectivity index (χ2n) is 6.16. The average molecular weight is 383 g/mol. The number of hydrogen-bond donors (Lipinski definition) is 2. The molecule has 0 aliphatic rings. The molecule has 0 aromatic heterocycles. The topological polar surface area (TPSA) is 87.7 Å². The highest BCUT2D eigenvalue weighted by Crippen LogP contribution is 2.15. The molecule has 0 fully saturated rings. The molecule has 148 valence electrons. The molecule has 7 heteroatoms. The van der Waals surface area contributed by atoms with Crippen LogP contribution in [0.15, 0.2) is 48.5 Å². The molecule has 0 bridgehead atoms. The maximum atomic E-state index is 12.1. The van der Waals surface area contributed by atoms with Gasteiger partial charge in [-0.25, -0.2) is 4.79 Å². The van der Waals surface area contributed by atoms with Gasteiger partial charge < -0.3 is 9.64 Å². The fourth-order valence-corrected chi connectivity index (χ4v) is 2.55. The van der Waals surface area contributed by atoms with Gasteiger partial charge in [0.2, 0.25) is 0 Å². The van der Waals surface area contributed by atoms with Crippen LogP contribution in [0, 0.1) is 6.92 Å². The third-order valence-electron chi connectivity index (χ3n) is 4.20. The van der Waals surface area contributed by atoms with Gasteiger partial charge in [-0.2, -0.15) is 0 Å². The lowest BCUT2D eigenvalue weighted by atomic mass is 10.1. The van der Waals surface area contributed by atoms with E-state index in [1.54, 1.807) is 36.4 Å². The van der Waals surface area contributed by atoms with Gasteiger partial charge in [-0.1, -0.05) is 17.7 Å². The molecule has 28 heavy (non-hydrogen) atoms. The summed E-state index contributed by atoms with van der Waals surface area (Å²) in [6.07, 6.45) is 0. The molecule has 0 saturated heterocycles. The Balaban J connectivity index is 1.79. The van der Waals surface area contributed by atoms with Crippen molar-refractivity contribution in [3.8, 4) is 0 Å². The lowest BCUT2D eigenvalue weighted by molar-refractivity contribution is -0.125. The number of hydrogen-bond acceptors (Lipinski definition) is 5. The highest BCUT2D eigenvalue weighted by molar-refractivity contribution is 5.96. The molecule has 2 N–H and O–H groups in total. The van der Waals surface area contributed by atoms with Crippen molar-refractivity contribution in [2.75, 3.05) is 24.6 Å². The number of carbonyl (C=O) groups excluding carboxylic acids is 3. The molecule has 2 aromatic rings. The Kier molecular flexibility index (Phi) is 7.56. The number of nitrogens with zero attached hydrogens (tertiary/aromatic N) is 1. The van der Waals surface area contributed by atoms with E-state index in [4.69, 9.17) is 4.74 Å². The highest BCUT2D eigenvalue weighted by atomic mass is 16.5. The Hall–Kier alpha value is -3.35. The number of nitrogens with one attached hydrogen (secondary N) is 2. The van der Waals surface area contributed by atoms with Gasteiger partial charge in [0.25, 0.3) is 11.8 Å². The monoisotopic (exact) mass is 383 g/mol. The van der Waals surface area contributed by atoms with Crippen molar-refractivity contribution in [2.45, 2.75) is 20.8 Å². The first-order valence-corrected chi connectivity index (χ1v) is 9.12. The molecule has 0 radical (unpaired) electrons. The van der Waals surface area contributed by atoms with E-state index in [1.807, 2.05) is 19.1 Å². The smallest absolute Gasteiger partial charge is 0.338 e. The number of hydrazine groups is 1. The number of esters is 1. The standard InChI is InChI=1S/C21H25N3O4/c1-4-24(5-2)18-12-10-17(11-13-18)21(27)28-14-19(25)22-23-20(26)16-8-6-15(3)7-9-16/h6-13H,4-5,14H2,1-3H3,(H,22,25)(H,23,26). The second-order valence-corrected chi connectivity index (χ2v) is 6.16. The van der Waals surface area contributed by atoms with Crippen LogP contribution in [-0.2, 0) is 9.53 Å². The van der Waals surface area contributed by atoms with Gasteiger partial charge in [-0.15, -0.1) is 0 Å². The van der Waals surface area contributed by atoms with E-state index in [2.05, 4.69) is 29.6 Å². The third kappa shape index (κ3) is 5.84. The van der Waals surface area contributed by atoms with Crippen LogP contribution in [-0.4, -0.2) is 37.5 Å². The first-order chi connectivity index (χ1) is 13.4. The van der Waals surface area contributed by atoms with Gasteiger partial charge in [0.05, 0.1) is 5.56 Å². The number of benzene rings is 2. The molecule has 7 nitrogen and oxygen atoms in total. The van der Waals surface area contributed by atoms with Crippen molar-refractivity contribution in [2.24, 2.45) is 0 Å². The fraction of sp³-hybridized carbons (Fsp3) is 0.286. The van der Waals surface area contributed by atoms with Crippen molar-refractivity contribution in [1.29, 1.82) is 0 Å². The van der Waals surface area contributed by atoms with E-state index in [9.17, 15) is 14.4 Å². The molecule has 0 aliphatic heterocycles. The molecule has 0 spiro atoms. The summed E-state index contributed by atoms with van der Waals surface area (Å²) in [7, 11) is 0. The zero-order chi connectivity index (χ0) is 20.5. The van der Waals surface area contributed by atoms with Gasteiger partial charge >= 0.3 is 5.97 Å². The normalized spacial score (nSPS) is 10.1. The number of amides is 2. The molecule has 0 heterocycles. The molecule has 2 rings (SSSR count). The van der Waals surface area contributed by atoms with E-state index in [-0.39, 0.29) is 0 Å². The minimum atomic E-state index is -0.631. The van der Waals surface area contributed by atoms with Crippen LogP contribution in [0.5, 0.6) is 0 Å². The van der Waals surface area contributed by atoms with Crippen molar-refractivity contribution in [1.82, 2.24) is 10.9 Å². The van der Waals surface area contributed by atoms with E-state index >= 15 is 0 Å². The zero-order valence-electron chi connectivity index (χ0n) is 16.3. The van der Waals surface area contributed by atoms with Crippen LogP contribution in [0.25, 0.3) is 0 Å². The Labute approximate surface area is 164 Å². The van der Waals surface area contributed by atoms with Gasteiger partial charge in [-0.3, -0.25) is 20.4 Å². The lowest BCUT2D eigenvalue weighted by Gasteiger charge is -2.20. The third-order valence-corrected chi connectivity index (χ3v) is 4.20. The van der Waals surface area contributed by atoms with E-state index < -0.39 is 24.4 Å². The Morgan fingerprint density at radius 3 is 2.00 bits per heavy atom. The van der Waals surface area contributed by atoms with Gasteiger partial charge in [-0.05, 0) is 57.2 Å². The summed E-state index contributed by atoms with van der Waals surface area (Å²) >= 11 is 0. The first-order valence-electron chi connectivity index (χ1n) is 9.12. The van der Waals surface area contributed by atoms with Gasteiger partial charge in [0.15, 0.2) is 6.61 Å². The molecular formula is C21H25N3O4. The summed E-state index contributed by atoms with van der Waals surface area (Å²) in [6, 6.07) is 13.9. The summed E-state index contributed by atoms with van der Waals surface area (Å²) in [4.78, 5) is 37.9. The number of anilines is 1. The van der Waals surface area contributed by atoms with Gasteiger partial charge in [0, 0.05) is 24.3 Å². The summed E-state index contributed by atoms with van der Waals surface area (Å²) in [5, 5.41) is 0. The van der Waals surface area contributed by atoms with E-state index in [1.165, 1.54) is 0 Å². The quantitative estimate of drug-likeness (QED) is 0.566. The average Bonchev–Trinajstić information content (AvgIpc) is 2.72. The molecular weight excluding hydrogens is 358 g/mol. The molecule has 0 aliphatic carbocycles. The summed E-state index contributed by atoms with van der Waals surface area (Å²) in [5.74, 6) is -1.69. The summed E-state index contributed by atoms with van der Waals surface area (Å²) < 4.78 is 4.98. The van der Waals surface area contributed by atoms with E-state index in [0.717, 1.165) is 24.3 Å². The Bertz CT molecular complexity index is 813. The molecule has 0 unspecified atom stereocenters. The first kappa shape index (κ1) is 21.0. The SMILES string of the molecule is CCN(CC)c1ccc(C(=O)OCC(=O)NNC(=O)c2ccc(C)cc2)cc1. The summed E-state index contributed by atoms with van der Waals surface area (Å²) in [5.41, 5.74) is 7.30. The maximum absolute atomic E-state index is 12.1. The van der Waals surface area contributed by atoms with Crippen LogP contribution in [0.4, 0.5) is 5.69 Å². The zero-order valence-corrected chi connectivity index (χ0v) is 16.3. The van der Waals surface area contributed by atoms with Crippen molar-refractivity contribution in [3.05, 3.63) is 65.2 Å².